The first-order valence-electron chi connectivity index (χ1n) is 5.35. The standard InChI is InChI=1S/C11H12ClF3OS/c12-8-3-6-17-9(8)10(16)4-1-7(2-5-10)11(13,14)15/h3,6-7,16H,1-2,4-5H2. The summed E-state index contributed by atoms with van der Waals surface area (Å²) in [6, 6.07) is 1.66. The number of alkyl halides is 3. The third-order valence-corrected chi connectivity index (χ3v) is 4.85. The second kappa shape index (κ2) is 4.44. The molecular formula is C11H12ClF3OS. The Morgan fingerprint density at radius 1 is 1.35 bits per heavy atom. The molecule has 1 N–H and O–H groups in total. The third-order valence-electron chi connectivity index (χ3n) is 3.32. The fourth-order valence-electron chi connectivity index (χ4n) is 2.28. The lowest BCUT2D eigenvalue weighted by Gasteiger charge is -2.36. The average Bonchev–Trinajstić information content (AvgIpc) is 2.64. The van der Waals surface area contributed by atoms with Crippen LogP contribution < -0.4 is 0 Å². The van der Waals surface area contributed by atoms with Crippen molar-refractivity contribution in [3.8, 4) is 0 Å². The van der Waals surface area contributed by atoms with Crippen molar-refractivity contribution in [2.45, 2.75) is 37.5 Å². The molecule has 0 unspecified atom stereocenters. The molecular weight excluding hydrogens is 273 g/mol. The van der Waals surface area contributed by atoms with E-state index in [-0.39, 0.29) is 25.7 Å². The lowest BCUT2D eigenvalue weighted by Crippen LogP contribution is -2.36. The predicted molar refractivity (Wildman–Crippen MR) is 61.2 cm³/mol. The molecule has 1 fully saturated rings. The van der Waals surface area contributed by atoms with Crippen molar-refractivity contribution in [1.29, 1.82) is 0 Å². The van der Waals surface area contributed by atoms with Gasteiger partial charge in [-0.25, -0.2) is 0 Å². The Morgan fingerprint density at radius 2 is 1.94 bits per heavy atom. The van der Waals surface area contributed by atoms with Gasteiger partial charge in [0.1, 0.15) is 5.60 Å². The van der Waals surface area contributed by atoms with Gasteiger partial charge in [0.05, 0.1) is 15.8 Å². The van der Waals surface area contributed by atoms with Crippen LogP contribution in [0.5, 0.6) is 0 Å². The molecule has 6 heteroatoms. The Hall–Kier alpha value is -0.260. The van der Waals surface area contributed by atoms with Crippen molar-refractivity contribution in [3.05, 3.63) is 21.3 Å². The molecule has 1 aromatic heterocycles. The Balaban J connectivity index is 2.11. The van der Waals surface area contributed by atoms with Crippen LogP contribution in [0.15, 0.2) is 11.4 Å². The summed E-state index contributed by atoms with van der Waals surface area (Å²) >= 11 is 7.22. The van der Waals surface area contributed by atoms with Crippen LogP contribution in [-0.2, 0) is 5.60 Å². The smallest absolute Gasteiger partial charge is 0.384 e. The van der Waals surface area contributed by atoms with Gasteiger partial charge in [0.25, 0.3) is 0 Å². The highest BCUT2D eigenvalue weighted by Gasteiger charge is 2.46. The molecule has 1 nitrogen and oxygen atoms in total. The molecule has 0 amide bonds. The molecule has 0 aliphatic heterocycles. The van der Waals surface area contributed by atoms with Crippen molar-refractivity contribution in [1.82, 2.24) is 0 Å². The van der Waals surface area contributed by atoms with Gasteiger partial charge in [-0.2, -0.15) is 13.2 Å². The highest BCUT2D eigenvalue weighted by atomic mass is 35.5. The second-order valence-electron chi connectivity index (χ2n) is 4.45. The summed E-state index contributed by atoms with van der Waals surface area (Å²) in [7, 11) is 0. The summed E-state index contributed by atoms with van der Waals surface area (Å²) in [5, 5.41) is 12.5. The van der Waals surface area contributed by atoms with E-state index in [1.54, 1.807) is 11.4 Å². The monoisotopic (exact) mass is 284 g/mol. The molecule has 0 radical (unpaired) electrons. The molecule has 0 saturated heterocycles. The maximum atomic E-state index is 12.5. The summed E-state index contributed by atoms with van der Waals surface area (Å²) in [5.41, 5.74) is -1.17. The van der Waals surface area contributed by atoms with Crippen LogP contribution in [0.2, 0.25) is 5.02 Å². The molecule has 96 valence electrons. The summed E-state index contributed by atoms with van der Waals surface area (Å²) in [4.78, 5) is 0.597. The van der Waals surface area contributed by atoms with Gasteiger partial charge in [-0.15, -0.1) is 11.3 Å². The SMILES string of the molecule is OC1(c2sccc2Cl)CCC(C(F)(F)F)CC1. The minimum absolute atomic E-state index is 0.0335. The molecule has 0 atom stereocenters. The number of aliphatic hydroxyl groups is 1. The number of hydrogen-bond acceptors (Lipinski definition) is 2. The highest BCUT2D eigenvalue weighted by molar-refractivity contribution is 7.10. The van der Waals surface area contributed by atoms with Crippen molar-refractivity contribution < 1.29 is 18.3 Å². The topological polar surface area (TPSA) is 20.2 Å². The lowest BCUT2D eigenvalue weighted by atomic mass is 9.78. The van der Waals surface area contributed by atoms with Crippen molar-refractivity contribution in [2.24, 2.45) is 5.92 Å². The van der Waals surface area contributed by atoms with Crippen LogP contribution in [-0.4, -0.2) is 11.3 Å². The molecule has 17 heavy (non-hydrogen) atoms. The van der Waals surface area contributed by atoms with Crippen LogP contribution in [0.1, 0.15) is 30.6 Å². The first kappa shape index (κ1) is 13.2. The van der Waals surface area contributed by atoms with E-state index in [2.05, 4.69) is 0 Å². The van der Waals surface area contributed by atoms with E-state index < -0.39 is 17.7 Å². The number of rotatable bonds is 1. The third kappa shape index (κ3) is 2.61. The fraction of sp³-hybridized carbons (Fsp3) is 0.636. The maximum Gasteiger partial charge on any atom is 0.391 e. The molecule has 1 aliphatic carbocycles. The van der Waals surface area contributed by atoms with Crippen molar-refractivity contribution in [3.63, 3.8) is 0 Å². The predicted octanol–water partition coefficient (Wildman–Crippen LogP) is 4.34. The summed E-state index contributed by atoms with van der Waals surface area (Å²) in [5.74, 6) is -1.29. The molecule has 2 rings (SSSR count). The molecule has 1 heterocycles. The van der Waals surface area contributed by atoms with Crippen molar-refractivity contribution in [2.75, 3.05) is 0 Å². The van der Waals surface area contributed by atoms with E-state index in [4.69, 9.17) is 11.6 Å². The maximum absolute atomic E-state index is 12.5. The second-order valence-corrected chi connectivity index (χ2v) is 5.77. The van der Waals surface area contributed by atoms with Gasteiger partial charge in [-0.3, -0.25) is 0 Å². The van der Waals surface area contributed by atoms with Crippen molar-refractivity contribution >= 4 is 22.9 Å². The van der Waals surface area contributed by atoms with Gasteiger partial charge in [0.15, 0.2) is 0 Å². The Kier molecular flexibility index (Phi) is 3.45. The van der Waals surface area contributed by atoms with Crippen LogP contribution in [0.3, 0.4) is 0 Å². The Morgan fingerprint density at radius 3 is 2.35 bits per heavy atom. The summed E-state index contributed by atoms with van der Waals surface area (Å²) in [6.07, 6.45) is -3.97. The van der Waals surface area contributed by atoms with Crippen LogP contribution in [0.25, 0.3) is 0 Å². The molecule has 0 bridgehead atoms. The summed E-state index contributed by atoms with van der Waals surface area (Å²) < 4.78 is 37.5. The van der Waals surface area contributed by atoms with E-state index >= 15 is 0 Å². The normalized spacial score (nSPS) is 30.5. The van der Waals surface area contributed by atoms with Gasteiger partial charge in [0, 0.05) is 0 Å². The van der Waals surface area contributed by atoms with E-state index in [1.165, 1.54) is 11.3 Å². The Bertz CT molecular complexity index is 394. The zero-order chi connectivity index (χ0) is 12.7. The van der Waals surface area contributed by atoms with Crippen LogP contribution >= 0.6 is 22.9 Å². The van der Waals surface area contributed by atoms with E-state index in [1.807, 2.05) is 0 Å². The Labute approximate surface area is 106 Å². The molecule has 1 saturated carbocycles. The zero-order valence-electron chi connectivity index (χ0n) is 8.93. The minimum Gasteiger partial charge on any atom is -0.384 e. The van der Waals surface area contributed by atoms with E-state index in [0.29, 0.717) is 9.90 Å². The first-order chi connectivity index (χ1) is 7.83. The molecule has 1 aliphatic rings. The zero-order valence-corrected chi connectivity index (χ0v) is 10.5. The lowest BCUT2D eigenvalue weighted by molar-refractivity contribution is -0.192. The number of hydrogen-bond donors (Lipinski definition) is 1. The summed E-state index contributed by atoms with van der Waals surface area (Å²) in [6.45, 7) is 0. The van der Waals surface area contributed by atoms with Gasteiger partial charge in [-0.1, -0.05) is 11.6 Å². The van der Waals surface area contributed by atoms with Gasteiger partial charge in [0.2, 0.25) is 0 Å². The molecule has 0 spiro atoms. The van der Waals surface area contributed by atoms with Gasteiger partial charge >= 0.3 is 6.18 Å². The van der Waals surface area contributed by atoms with E-state index in [9.17, 15) is 18.3 Å². The first-order valence-corrected chi connectivity index (χ1v) is 6.61. The number of halogens is 4. The largest absolute Gasteiger partial charge is 0.391 e. The number of thiophene rings is 1. The van der Waals surface area contributed by atoms with Gasteiger partial charge in [-0.05, 0) is 37.1 Å². The molecule has 1 aromatic rings. The minimum atomic E-state index is -4.15. The van der Waals surface area contributed by atoms with Crippen LogP contribution in [0.4, 0.5) is 13.2 Å². The molecule has 0 aromatic carbocycles. The average molecular weight is 285 g/mol. The quantitative estimate of drug-likeness (QED) is 0.813. The van der Waals surface area contributed by atoms with Gasteiger partial charge < -0.3 is 5.11 Å². The highest BCUT2D eigenvalue weighted by Crippen LogP contribution is 2.47. The fourth-order valence-corrected chi connectivity index (χ4v) is 3.67. The van der Waals surface area contributed by atoms with E-state index in [0.717, 1.165) is 0 Å². The van der Waals surface area contributed by atoms with Crippen LogP contribution in [0, 0.1) is 5.92 Å².